The standard InChI is InChI=1S/C18H21N3/c1-13-8-10-15(11-9-13)18(19-3)14(2)21-17-7-5-4-6-16(17)12-20-21/h4-12,14,18-19H,1-3H3. The van der Waals surface area contributed by atoms with Crippen molar-refractivity contribution < 1.29 is 0 Å². The third-order valence-corrected chi connectivity index (χ3v) is 4.12. The van der Waals surface area contributed by atoms with Gasteiger partial charge in [-0.15, -0.1) is 0 Å². The average molecular weight is 279 g/mol. The van der Waals surface area contributed by atoms with Crippen LogP contribution in [0.3, 0.4) is 0 Å². The van der Waals surface area contributed by atoms with Gasteiger partial charge in [0.15, 0.2) is 0 Å². The van der Waals surface area contributed by atoms with E-state index in [1.807, 2.05) is 13.2 Å². The minimum atomic E-state index is 0.230. The summed E-state index contributed by atoms with van der Waals surface area (Å²) in [6, 6.07) is 17.5. The number of nitrogens with zero attached hydrogens (tertiary/aromatic N) is 2. The molecule has 2 aromatic carbocycles. The molecule has 0 bridgehead atoms. The van der Waals surface area contributed by atoms with Crippen molar-refractivity contribution in [2.45, 2.75) is 25.9 Å². The predicted octanol–water partition coefficient (Wildman–Crippen LogP) is 3.87. The third kappa shape index (κ3) is 2.57. The van der Waals surface area contributed by atoms with E-state index >= 15 is 0 Å². The predicted molar refractivity (Wildman–Crippen MR) is 87.4 cm³/mol. The molecule has 21 heavy (non-hydrogen) atoms. The second-order valence-electron chi connectivity index (χ2n) is 5.57. The van der Waals surface area contributed by atoms with Crippen LogP contribution in [-0.4, -0.2) is 16.8 Å². The number of para-hydroxylation sites is 1. The summed E-state index contributed by atoms with van der Waals surface area (Å²) in [6.45, 7) is 4.32. The number of hydrogen-bond donors (Lipinski definition) is 1. The van der Waals surface area contributed by atoms with Gasteiger partial charge in [0.1, 0.15) is 0 Å². The Morgan fingerprint density at radius 2 is 1.76 bits per heavy atom. The van der Waals surface area contributed by atoms with Crippen LogP contribution in [-0.2, 0) is 0 Å². The topological polar surface area (TPSA) is 29.9 Å². The largest absolute Gasteiger partial charge is 0.311 e. The number of benzene rings is 2. The van der Waals surface area contributed by atoms with Gasteiger partial charge in [-0.05, 0) is 32.5 Å². The lowest BCUT2D eigenvalue weighted by Crippen LogP contribution is -2.26. The number of likely N-dealkylation sites (N-methyl/N-ethyl adjacent to an activating group) is 1. The van der Waals surface area contributed by atoms with Crippen LogP contribution in [0.25, 0.3) is 10.9 Å². The fraction of sp³-hybridized carbons (Fsp3) is 0.278. The molecule has 1 heterocycles. The van der Waals surface area contributed by atoms with Crippen LogP contribution in [0.15, 0.2) is 54.7 Å². The van der Waals surface area contributed by atoms with E-state index < -0.39 is 0 Å². The molecule has 3 heteroatoms. The van der Waals surface area contributed by atoms with Gasteiger partial charge in [0.2, 0.25) is 0 Å². The van der Waals surface area contributed by atoms with Crippen molar-refractivity contribution in [1.82, 2.24) is 15.1 Å². The molecule has 0 aliphatic carbocycles. The van der Waals surface area contributed by atoms with E-state index in [4.69, 9.17) is 0 Å². The number of rotatable bonds is 4. The number of aryl methyl sites for hydroxylation is 1. The molecule has 1 aromatic heterocycles. The maximum atomic E-state index is 4.58. The zero-order valence-corrected chi connectivity index (χ0v) is 12.7. The number of hydrogen-bond acceptors (Lipinski definition) is 2. The van der Waals surface area contributed by atoms with Gasteiger partial charge in [0, 0.05) is 5.39 Å². The van der Waals surface area contributed by atoms with Crippen molar-refractivity contribution in [2.75, 3.05) is 7.05 Å². The molecular weight excluding hydrogens is 258 g/mol. The van der Waals surface area contributed by atoms with Crippen molar-refractivity contribution in [1.29, 1.82) is 0 Å². The lowest BCUT2D eigenvalue weighted by molar-refractivity contribution is 0.381. The molecule has 0 saturated carbocycles. The Morgan fingerprint density at radius 1 is 1.05 bits per heavy atom. The van der Waals surface area contributed by atoms with E-state index in [2.05, 4.69) is 77.5 Å². The van der Waals surface area contributed by atoms with Crippen molar-refractivity contribution in [3.8, 4) is 0 Å². The van der Waals surface area contributed by atoms with E-state index in [1.165, 1.54) is 22.0 Å². The van der Waals surface area contributed by atoms with Gasteiger partial charge < -0.3 is 5.32 Å². The molecule has 2 atom stereocenters. The lowest BCUT2D eigenvalue weighted by Gasteiger charge is -2.25. The minimum Gasteiger partial charge on any atom is -0.311 e. The Bertz CT molecular complexity index is 728. The monoisotopic (exact) mass is 279 g/mol. The van der Waals surface area contributed by atoms with Gasteiger partial charge in [0.05, 0.1) is 23.8 Å². The highest BCUT2D eigenvalue weighted by Crippen LogP contribution is 2.28. The molecule has 0 aliphatic rings. The van der Waals surface area contributed by atoms with Crippen LogP contribution in [0.1, 0.15) is 30.1 Å². The van der Waals surface area contributed by atoms with Gasteiger partial charge in [-0.3, -0.25) is 4.68 Å². The molecule has 3 nitrogen and oxygen atoms in total. The smallest absolute Gasteiger partial charge is 0.0692 e. The molecule has 0 spiro atoms. The maximum Gasteiger partial charge on any atom is 0.0692 e. The summed E-state index contributed by atoms with van der Waals surface area (Å²) in [7, 11) is 2.01. The zero-order valence-electron chi connectivity index (χ0n) is 12.7. The van der Waals surface area contributed by atoms with Crippen LogP contribution >= 0.6 is 0 Å². The molecule has 108 valence electrons. The summed E-state index contributed by atoms with van der Waals surface area (Å²) >= 11 is 0. The molecule has 2 unspecified atom stereocenters. The molecular formula is C18H21N3. The molecule has 3 rings (SSSR count). The van der Waals surface area contributed by atoms with E-state index in [9.17, 15) is 0 Å². The van der Waals surface area contributed by atoms with Gasteiger partial charge in [0.25, 0.3) is 0 Å². The van der Waals surface area contributed by atoms with Crippen molar-refractivity contribution in [3.05, 3.63) is 65.9 Å². The highest BCUT2D eigenvalue weighted by molar-refractivity contribution is 5.78. The maximum absolute atomic E-state index is 4.58. The quantitative estimate of drug-likeness (QED) is 0.785. The van der Waals surface area contributed by atoms with E-state index in [0.29, 0.717) is 0 Å². The summed E-state index contributed by atoms with van der Waals surface area (Å²) in [6.07, 6.45) is 1.94. The van der Waals surface area contributed by atoms with Crippen molar-refractivity contribution >= 4 is 10.9 Å². The van der Waals surface area contributed by atoms with Crippen molar-refractivity contribution in [2.24, 2.45) is 0 Å². The van der Waals surface area contributed by atoms with Gasteiger partial charge >= 0.3 is 0 Å². The van der Waals surface area contributed by atoms with Crippen LogP contribution in [0, 0.1) is 6.92 Å². The lowest BCUT2D eigenvalue weighted by atomic mass is 9.99. The number of nitrogens with one attached hydrogen (secondary N) is 1. The summed E-state index contributed by atoms with van der Waals surface area (Å²) in [4.78, 5) is 0. The fourth-order valence-corrected chi connectivity index (χ4v) is 2.92. The van der Waals surface area contributed by atoms with Crippen molar-refractivity contribution in [3.63, 3.8) is 0 Å². The fourth-order valence-electron chi connectivity index (χ4n) is 2.92. The summed E-state index contributed by atoms with van der Waals surface area (Å²) < 4.78 is 2.11. The van der Waals surface area contributed by atoms with Crippen LogP contribution in [0.2, 0.25) is 0 Å². The molecule has 0 fully saturated rings. The highest BCUT2D eigenvalue weighted by atomic mass is 15.3. The first-order chi connectivity index (χ1) is 10.2. The SMILES string of the molecule is CNC(c1ccc(C)cc1)C(C)n1ncc2ccccc21. The molecule has 0 radical (unpaired) electrons. The highest BCUT2D eigenvalue weighted by Gasteiger charge is 2.21. The third-order valence-electron chi connectivity index (χ3n) is 4.12. The average Bonchev–Trinajstić information content (AvgIpc) is 2.94. The Labute approximate surface area is 125 Å². The van der Waals surface area contributed by atoms with E-state index in [1.54, 1.807) is 0 Å². The number of aromatic nitrogens is 2. The van der Waals surface area contributed by atoms with Crippen LogP contribution in [0.4, 0.5) is 0 Å². The Hall–Kier alpha value is -2.13. The first-order valence-corrected chi connectivity index (χ1v) is 7.37. The van der Waals surface area contributed by atoms with Crippen LogP contribution in [0.5, 0.6) is 0 Å². The second kappa shape index (κ2) is 5.70. The summed E-state index contributed by atoms with van der Waals surface area (Å²) in [5.74, 6) is 0. The molecule has 0 saturated heterocycles. The van der Waals surface area contributed by atoms with Gasteiger partial charge in [-0.2, -0.15) is 5.10 Å². The summed E-state index contributed by atoms with van der Waals surface area (Å²) in [5, 5.41) is 9.20. The Kier molecular flexibility index (Phi) is 3.76. The molecule has 0 amide bonds. The molecule has 0 aliphatic heterocycles. The van der Waals surface area contributed by atoms with Gasteiger partial charge in [-0.25, -0.2) is 0 Å². The second-order valence-corrected chi connectivity index (χ2v) is 5.57. The molecule has 3 aromatic rings. The molecule has 1 N–H and O–H groups in total. The van der Waals surface area contributed by atoms with E-state index in [0.717, 1.165) is 0 Å². The number of fused-ring (bicyclic) bond motifs is 1. The summed E-state index contributed by atoms with van der Waals surface area (Å²) in [5.41, 5.74) is 3.75. The van der Waals surface area contributed by atoms with Gasteiger partial charge in [-0.1, -0.05) is 48.0 Å². The van der Waals surface area contributed by atoms with E-state index in [-0.39, 0.29) is 12.1 Å². The minimum absolute atomic E-state index is 0.230. The Morgan fingerprint density at radius 3 is 2.48 bits per heavy atom. The first-order valence-electron chi connectivity index (χ1n) is 7.37. The first kappa shape index (κ1) is 13.8. The normalized spacial score (nSPS) is 14.2. The zero-order chi connectivity index (χ0) is 14.8. The Balaban J connectivity index is 1.98. The van der Waals surface area contributed by atoms with Crippen LogP contribution < -0.4 is 5.32 Å².